The van der Waals surface area contributed by atoms with Crippen molar-refractivity contribution in [3.8, 4) is 17.0 Å². The van der Waals surface area contributed by atoms with Gasteiger partial charge in [0.1, 0.15) is 5.75 Å². The van der Waals surface area contributed by atoms with Crippen LogP contribution in [0.2, 0.25) is 5.02 Å². The van der Waals surface area contributed by atoms with Gasteiger partial charge < -0.3 is 15.4 Å². The fraction of sp³-hybridized carbons (Fsp3) is 0.211. The van der Waals surface area contributed by atoms with Crippen molar-refractivity contribution in [3.63, 3.8) is 0 Å². The number of nitrogens with one attached hydrogen (secondary N) is 2. The van der Waals surface area contributed by atoms with Crippen LogP contribution in [0, 0.1) is 0 Å². The first kappa shape index (κ1) is 20.3. The Morgan fingerprint density at radius 1 is 1.29 bits per heavy atom. The Bertz CT molecular complexity index is 973. The molecule has 0 saturated heterocycles. The van der Waals surface area contributed by atoms with Gasteiger partial charge in [0.15, 0.2) is 5.13 Å². The molecule has 28 heavy (non-hydrogen) atoms. The Morgan fingerprint density at radius 3 is 2.75 bits per heavy atom. The number of carbonyl (C=O) groups excluding carboxylic acids is 2. The number of ether oxygens (including phenoxy) is 1. The summed E-state index contributed by atoms with van der Waals surface area (Å²) >= 11 is 8.99. The maximum Gasteiger partial charge on any atom is 0.228 e. The van der Waals surface area contributed by atoms with Crippen molar-refractivity contribution in [1.29, 1.82) is 0 Å². The maximum absolute atomic E-state index is 12.5. The minimum atomic E-state index is -0.364. The van der Waals surface area contributed by atoms with E-state index in [2.05, 4.69) is 15.6 Å². The third-order valence-corrected chi connectivity index (χ3v) is 5.89. The van der Waals surface area contributed by atoms with E-state index < -0.39 is 0 Å². The molecule has 0 unspecified atom stereocenters. The van der Waals surface area contributed by atoms with Gasteiger partial charge in [-0.05, 0) is 29.6 Å². The zero-order valence-corrected chi connectivity index (χ0v) is 17.6. The maximum atomic E-state index is 12.5. The van der Waals surface area contributed by atoms with Gasteiger partial charge in [0, 0.05) is 22.7 Å². The normalized spacial score (nSPS) is 11.7. The second-order valence-electron chi connectivity index (χ2n) is 5.91. The number of nitrogens with zero attached hydrogens (tertiary/aromatic N) is 1. The Hall–Kier alpha value is -2.42. The minimum absolute atomic E-state index is 0.128. The van der Waals surface area contributed by atoms with E-state index in [1.54, 1.807) is 19.2 Å². The molecule has 1 aromatic carbocycles. The molecule has 6 nitrogen and oxygen atoms in total. The van der Waals surface area contributed by atoms with E-state index in [9.17, 15) is 9.59 Å². The summed E-state index contributed by atoms with van der Waals surface area (Å²) in [6.45, 7) is 1.44. The molecular weight excluding hydrogens is 418 g/mol. The summed E-state index contributed by atoms with van der Waals surface area (Å²) < 4.78 is 5.15. The molecule has 0 bridgehead atoms. The molecule has 0 radical (unpaired) electrons. The average molecular weight is 436 g/mol. The number of thiophene rings is 1. The molecule has 0 fully saturated rings. The van der Waals surface area contributed by atoms with Crippen molar-refractivity contribution in [2.75, 3.05) is 12.4 Å². The summed E-state index contributed by atoms with van der Waals surface area (Å²) in [6, 6.07) is 8.82. The lowest BCUT2D eigenvalue weighted by Gasteiger charge is -2.15. The summed E-state index contributed by atoms with van der Waals surface area (Å²) in [7, 11) is 1.56. The highest BCUT2D eigenvalue weighted by Crippen LogP contribution is 2.32. The summed E-state index contributed by atoms with van der Waals surface area (Å²) in [5.41, 5.74) is 1.54. The van der Waals surface area contributed by atoms with Gasteiger partial charge in [-0.2, -0.15) is 0 Å². The molecular formula is C19H18ClN3O3S2. The van der Waals surface area contributed by atoms with E-state index in [1.807, 2.05) is 29.0 Å². The monoisotopic (exact) mass is 435 g/mol. The number of methoxy groups -OCH3 is 1. The van der Waals surface area contributed by atoms with E-state index >= 15 is 0 Å². The molecule has 2 N–H and O–H groups in total. The van der Waals surface area contributed by atoms with Crippen LogP contribution in [0.4, 0.5) is 5.13 Å². The van der Waals surface area contributed by atoms with E-state index in [0.29, 0.717) is 21.6 Å². The number of aromatic nitrogens is 1. The van der Waals surface area contributed by atoms with Crippen LogP contribution in [-0.2, 0) is 9.59 Å². The van der Waals surface area contributed by atoms with Crippen LogP contribution in [0.3, 0.4) is 0 Å². The third-order valence-electron chi connectivity index (χ3n) is 3.85. The van der Waals surface area contributed by atoms with Gasteiger partial charge in [0.25, 0.3) is 0 Å². The van der Waals surface area contributed by atoms with Crippen molar-refractivity contribution in [3.05, 3.63) is 51.0 Å². The lowest BCUT2D eigenvalue weighted by atomic mass is 10.1. The summed E-state index contributed by atoms with van der Waals surface area (Å²) in [5.74, 6) is 0.187. The summed E-state index contributed by atoms with van der Waals surface area (Å²) in [5, 5.41) is 10.3. The molecule has 3 aromatic rings. The van der Waals surface area contributed by atoms with E-state index in [0.717, 1.165) is 10.4 Å². The van der Waals surface area contributed by atoms with E-state index in [4.69, 9.17) is 16.3 Å². The van der Waals surface area contributed by atoms with Gasteiger partial charge in [0.2, 0.25) is 11.8 Å². The molecule has 0 aliphatic heterocycles. The lowest BCUT2D eigenvalue weighted by Crippen LogP contribution is -2.29. The lowest BCUT2D eigenvalue weighted by molar-refractivity contribution is -0.120. The standard InChI is InChI=1S/C19H18ClN3O3S2/c1-11(24)21-14(17-4-3-7-27-17)9-18(25)23-19-22-15(10-28-19)12-5-6-16(26-2)13(20)8-12/h3-8,10,14H,9H2,1-2H3,(H,21,24)(H,22,23,25)/t14-/m1/s1. The zero-order valence-electron chi connectivity index (χ0n) is 15.2. The van der Waals surface area contributed by atoms with Crippen LogP contribution in [-0.4, -0.2) is 23.9 Å². The van der Waals surface area contributed by atoms with Gasteiger partial charge in [-0.15, -0.1) is 22.7 Å². The molecule has 2 heterocycles. The first-order valence-corrected chi connectivity index (χ1v) is 10.5. The fourth-order valence-electron chi connectivity index (χ4n) is 2.60. The van der Waals surface area contributed by atoms with Crippen LogP contribution in [0.5, 0.6) is 5.75 Å². The van der Waals surface area contributed by atoms with E-state index in [-0.39, 0.29) is 24.3 Å². The largest absolute Gasteiger partial charge is 0.495 e. The minimum Gasteiger partial charge on any atom is -0.495 e. The van der Waals surface area contributed by atoms with Crippen molar-refractivity contribution in [2.45, 2.75) is 19.4 Å². The van der Waals surface area contributed by atoms with Crippen LogP contribution >= 0.6 is 34.3 Å². The number of anilines is 1. The van der Waals surface area contributed by atoms with Crippen molar-refractivity contribution in [2.24, 2.45) is 0 Å². The molecule has 0 aliphatic rings. The van der Waals surface area contributed by atoms with Gasteiger partial charge in [0.05, 0.1) is 30.3 Å². The Balaban J connectivity index is 1.68. The first-order chi connectivity index (χ1) is 13.5. The number of hydrogen-bond acceptors (Lipinski definition) is 6. The molecule has 3 rings (SSSR count). The summed E-state index contributed by atoms with van der Waals surface area (Å²) in [6.07, 6.45) is 0.128. The first-order valence-electron chi connectivity index (χ1n) is 8.36. The van der Waals surface area contributed by atoms with E-state index in [1.165, 1.54) is 29.6 Å². The van der Waals surface area contributed by atoms with Gasteiger partial charge >= 0.3 is 0 Å². The van der Waals surface area contributed by atoms with Gasteiger partial charge in [-0.25, -0.2) is 4.98 Å². The second-order valence-corrected chi connectivity index (χ2v) is 8.15. The molecule has 1 atom stereocenters. The topological polar surface area (TPSA) is 80.3 Å². The van der Waals surface area contributed by atoms with Crippen LogP contribution in [0.25, 0.3) is 11.3 Å². The molecule has 2 amide bonds. The highest BCUT2D eigenvalue weighted by Gasteiger charge is 2.19. The number of benzene rings is 1. The molecule has 0 aliphatic carbocycles. The molecule has 146 valence electrons. The molecule has 0 spiro atoms. The number of amides is 2. The van der Waals surface area contributed by atoms with Crippen molar-refractivity contribution >= 4 is 51.2 Å². The number of halogens is 1. The van der Waals surface area contributed by atoms with Crippen molar-refractivity contribution < 1.29 is 14.3 Å². The Morgan fingerprint density at radius 2 is 2.11 bits per heavy atom. The average Bonchev–Trinajstić information content (AvgIpc) is 3.32. The highest BCUT2D eigenvalue weighted by molar-refractivity contribution is 7.14. The number of hydrogen-bond donors (Lipinski definition) is 2. The highest BCUT2D eigenvalue weighted by atomic mass is 35.5. The quantitative estimate of drug-likeness (QED) is 0.561. The number of rotatable bonds is 7. The molecule has 9 heteroatoms. The Labute approximate surface area is 175 Å². The van der Waals surface area contributed by atoms with Crippen LogP contribution < -0.4 is 15.4 Å². The Kier molecular flexibility index (Phi) is 6.66. The summed E-state index contributed by atoms with van der Waals surface area (Å²) in [4.78, 5) is 29.3. The number of thiazole rings is 1. The predicted molar refractivity (Wildman–Crippen MR) is 113 cm³/mol. The molecule has 0 saturated carbocycles. The zero-order chi connectivity index (χ0) is 20.1. The fourth-order valence-corrected chi connectivity index (χ4v) is 4.37. The SMILES string of the molecule is COc1ccc(-c2csc(NC(=O)C[C@@H](NC(C)=O)c3cccs3)n2)cc1Cl. The smallest absolute Gasteiger partial charge is 0.228 e. The number of carbonyl (C=O) groups is 2. The molecule has 2 aromatic heterocycles. The van der Waals surface area contributed by atoms with Crippen LogP contribution in [0.1, 0.15) is 24.3 Å². The predicted octanol–water partition coefficient (Wildman–Crippen LogP) is 4.74. The van der Waals surface area contributed by atoms with Crippen molar-refractivity contribution in [1.82, 2.24) is 10.3 Å². The second kappa shape index (κ2) is 9.18. The van der Waals surface area contributed by atoms with Gasteiger partial charge in [-0.1, -0.05) is 17.7 Å². The van der Waals surface area contributed by atoms with Gasteiger partial charge in [-0.3, -0.25) is 9.59 Å². The van der Waals surface area contributed by atoms with Crippen LogP contribution in [0.15, 0.2) is 41.1 Å². The third kappa shape index (κ3) is 5.09.